The number of halogens is 2. The zero-order chi connectivity index (χ0) is 21.2. The maximum atomic E-state index is 13.5. The maximum absolute atomic E-state index is 13.5. The fourth-order valence-corrected chi connectivity index (χ4v) is 2.97. The van der Waals surface area contributed by atoms with Gasteiger partial charge in [-0.25, -0.2) is 18.4 Å². The molecule has 0 aliphatic rings. The molecule has 0 aromatic heterocycles. The number of carbonyl (C=O) groups is 3. The lowest BCUT2D eigenvalue weighted by Crippen LogP contribution is -2.43. The second-order valence-electron chi connectivity index (χ2n) is 5.78. The Hall–Kier alpha value is -3.14. The molecule has 0 heterocycles. The standard InChI is InChI=1S/C19H18F2N2O5S/c20-13-6-7-15(14(21)8-13)22-17(24)11-29-10-16(18(25)26)23-19(27)28-9-12-4-2-1-3-5-12/h1-8,16H,9-11H2,(H,22,24)(H,23,27)(H,25,26). The number of carboxylic acid groups (broad SMARTS) is 1. The Labute approximate surface area is 169 Å². The highest BCUT2D eigenvalue weighted by atomic mass is 32.2. The Morgan fingerprint density at radius 2 is 1.83 bits per heavy atom. The van der Waals surface area contributed by atoms with Crippen LogP contribution in [0, 0.1) is 11.6 Å². The van der Waals surface area contributed by atoms with Gasteiger partial charge in [0.1, 0.15) is 24.3 Å². The second kappa shape index (κ2) is 11.0. The highest BCUT2D eigenvalue weighted by Gasteiger charge is 2.21. The van der Waals surface area contributed by atoms with Crippen LogP contribution >= 0.6 is 11.8 Å². The number of hydrogen-bond donors (Lipinski definition) is 3. The van der Waals surface area contributed by atoms with Gasteiger partial charge in [-0.15, -0.1) is 11.8 Å². The van der Waals surface area contributed by atoms with Gasteiger partial charge in [0.25, 0.3) is 0 Å². The van der Waals surface area contributed by atoms with E-state index in [-0.39, 0.29) is 23.8 Å². The number of thioether (sulfide) groups is 1. The van der Waals surface area contributed by atoms with Crippen molar-refractivity contribution in [2.24, 2.45) is 0 Å². The van der Waals surface area contributed by atoms with E-state index in [1.165, 1.54) is 0 Å². The quantitative estimate of drug-likeness (QED) is 0.572. The van der Waals surface area contributed by atoms with Gasteiger partial charge in [0, 0.05) is 11.8 Å². The molecule has 0 aliphatic heterocycles. The fraction of sp³-hybridized carbons (Fsp3) is 0.211. The Bertz CT molecular complexity index is 867. The average Bonchev–Trinajstić information content (AvgIpc) is 2.68. The minimum Gasteiger partial charge on any atom is -0.480 e. The molecule has 2 aromatic carbocycles. The SMILES string of the molecule is O=C(CSCC(NC(=O)OCc1ccccc1)C(=O)O)Nc1ccc(F)cc1F. The van der Waals surface area contributed by atoms with Crippen LogP contribution < -0.4 is 10.6 Å². The van der Waals surface area contributed by atoms with Gasteiger partial charge >= 0.3 is 12.1 Å². The molecular formula is C19H18F2N2O5S. The topological polar surface area (TPSA) is 105 Å². The van der Waals surface area contributed by atoms with E-state index in [0.29, 0.717) is 6.07 Å². The predicted molar refractivity (Wildman–Crippen MR) is 103 cm³/mol. The van der Waals surface area contributed by atoms with Crippen LogP contribution in [-0.2, 0) is 20.9 Å². The summed E-state index contributed by atoms with van der Waals surface area (Å²) < 4.78 is 31.3. The molecular weight excluding hydrogens is 406 g/mol. The van der Waals surface area contributed by atoms with Crippen molar-refractivity contribution < 1.29 is 33.0 Å². The van der Waals surface area contributed by atoms with Gasteiger partial charge in [-0.1, -0.05) is 30.3 Å². The van der Waals surface area contributed by atoms with E-state index in [4.69, 9.17) is 4.74 Å². The molecule has 0 spiro atoms. The first-order chi connectivity index (χ1) is 13.8. The van der Waals surface area contributed by atoms with Crippen molar-refractivity contribution in [2.75, 3.05) is 16.8 Å². The van der Waals surface area contributed by atoms with Crippen LogP contribution in [0.25, 0.3) is 0 Å². The van der Waals surface area contributed by atoms with Crippen molar-refractivity contribution >= 4 is 35.4 Å². The summed E-state index contributed by atoms with van der Waals surface area (Å²) in [7, 11) is 0. The smallest absolute Gasteiger partial charge is 0.408 e. The molecule has 0 saturated heterocycles. The first kappa shape index (κ1) is 22.2. The first-order valence-electron chi connectivity index (χ1n) is 8.38. The van der Waals surface area contributed by atoms with Crippen molar-refractivity contribution in [1.29, 1.82) is 0 Å². The zero-order valence-corrected chi connectivity index (χ0v) is 15.9. The van der Waals surface area contributed by atoms with E-state index < -0.39 is 35.6 Å². The van der Waals surface area contributed by atoms with Gasteiger partial charge in [0.15, 0.2) is 0 Å². The molecule has 7 nitrogen and oxygen atoms in total. The Kier molecular flexibility index (Phi) is 8.41. The van der Waals surface area contributed by atoms with E-state index in [2.05, 4.69) is 10.6 Å². The normalized spacial score (nSPS) is 11.4. The molecule has 2 amide bonds. The molecule has 29 heavy (non-hydrogen) atoms. The summed E-state index contributed by atoms with van der Waals surface area (Å²) in [5.41, 5.74) is 0.558. The van der Waals surface area contributed by atoms with Crippen molar-refractivity contribution in [1.82, 2.24) is 5.32 Å². The number of carboxylic acids is 1. The summed E-state index contributed by atoms with van der Waals surface area (Å²) in [4.78, 5) is 34.9. The van der Waals surface area contributed by atoms with E-state index in [1.54, 1.807) is 24.3 Å². The van der Waals surface area contributed by atoms with Crippen LogP contribution in [0.5, 0.6) is 0 Å². The molecule has 1 atom stereocenters. The summed E-state index contributed by atoms with van der Waals surface area (Å²) in [5.74, 6) is -3.90. The Morgan fingerprint density at radius 1 is 1.10 bits per heavy atom. The zero-order valence-electron chi connectivity index (χ0n) is 15.1. The van der Waals surface area contributed by atoms with Crippen LogP contribution in [0.15, 0.2) is 48.5 Å². The van der Waals surface area contributed by atoms with Gasteiger partial charge in [0.05, 0.1) is 11.4 Å². The number of carbonyl (C=O) groups excluding carboxylic acids is 2. The number of aliphatic carboxylic acids is 1. The third kappa shape index (κ3) is 7.78. The summed E-state index contributed by atoms with van der Waals surface area (Å²) in [5, 5.41) is 13.7. The molecule has 0 radical (unpaired) electrons. The second-order valence-corrected chi connectivity index (χ2v) is 6.81. The summed E-state index contributed by atoms with van der Waals surface area (Å²) in [6.45, 7) is -0.0161. The van der Waals surface area contributed by atoms with Crippen LogP contribution in [0.4, 0.5) is 19.3 Å². The Balaban J connectivity index is 1.76. The van der Waals surface area contributed by atoms with Crippen LogP contribution in [0.2, 0.25) is 0 Å². The molecule has 2 rings (SSSR count). The number of anilines is 1. The molecule has 0 saturated carbocycles. The average molecular weight is 424 g/mol. The third-order valence-corrected chi connectivity index (χ3v) is 4.56. The predicted octanol–water partition coefficient (Wildman–Crippen LogP) is 3.02. The van der Waals surface area contributed by atoms with Crippen LogP contribution in [0.1, 0.15) is 5.56 Å². The number of nitrogens with one attached hydrogen (secondary N) is 2. The largest absolute Gasteiger partial charge is 0.480 e. The van der Waals surface area contributed by atoms with Crippen molar-refractivity contribution in [3.63, 3.8) is 0 Å². The van der Waals surface area contributed by atoms with Crippen molar-refractivity contribution in [2.45, 2.75) is 12.6 Å². The van der Waals surface area contributed by atoms with Crippen LogP contribution in [-0.4, -0.2) is 40.6 Å². The molecule has 0 bridgehead atoms. The third-order valence-electron chi connectivity index (χ3n) is 3.53. The number of rotatable bonds is 9. The van der Waals surface area contributed by atoms with E-state index >= 15 is 0 Å². The lowest BCUT2D eigenvalue weighted by molar-refractivity contribution is -0.138. The van der Waals surface area contributed by atoms with Gasteiger partial charge in [-0.2, -0.15) is 0 Å². The minimum absolute atomic E-state index is 0.0161. The van der Waals surface area contributed by atoms with Gasteiger partial charge in [0.2, 0.25) is 5.91 Å². The van der Waals surface area contributed by atoms with E-state index in [1.807, 2.05) is 6.07 Å². The monoisotopic (exact) mass is 424 g/mol. The van der Waals surface area contributed by atoms with Gasteiger partial charge in [-0.05, 0) is 17.7 Å². The fourth-order valence-electron chi connectivity index (χ4n) is 2.13. The number of amides is 2. The number of benzene rings is 2. The van der Waals surface area contributed by atoms with E-state index in [0.717, 1.165) is 29.5 Å². The number of ether oxygens (including phenoxy) is 1. The highest BCUT2D eigenvalue weighted by Crippen LogP contribution is 2.15. The molecule has 0 fully saturated rings. The number of alkyl carbamates (subject to hydrolysis) is 1. The van der Waals surface area contributed by atoms with Crippen LogP contribution in [0.3, 0.4) is 0 Å². The highest BCUT2D eigenvalue weighted by molar-refractivity contribution is 8.00. The van der Waals surface area contributed by atoms with Crippen molar-refractivity contribution in [3.05, 3.63) is 65.7 Å². The molecule has 0 aliphatic carbocycles. The van der Waals surface area contributed by atoms with Gasteiger partial charge < -0.3 is 20.5 Å². The number of hydrogen-bond acceptors (Lipinski definition) is 5. The lowest BCUT2D eigenvalue weighted by atomic mass is 10.2. The minimum atomic E-state index is -1.29. The summed E-state index contributed by atoms with van der Waals surface area (Å²) >= 11 is 0.923. The molecule has 1 unspecified atom stereocenters. The van der Waals surface area contributed by atoms with E-state index in [9.17, 15) is 28.3 Å². The summed E-state index contributed by atoms with van der Waals surface area (Å²) in [6, 6.07) is 10.3. The lowest BCUT2D eigenvalue weighted by Gasteiger charge is -2.14. The molecule has 10 heteroatoms. The molecule has 154 valence electrons. The Morgan fingerprint density at radius 3 is 2.48 bits per heavy atom. The summed E-state index contributed by atoms with van der Waals surface area (Å²) in [6.07, 6.45) is -0.903. The molecule has 2 aromatic rings. The van der Waals surface area contributed by atoms with Crippen molar-refractivity contribution in [3.8, 4) is 0 Å². The first-order valence-corrected chi connectivity index (χ1v) is 9.53. The van der Waals surface area contributed by atoms with Gasteiger partial charge in [-0.3, -0.25) is 4.79 Å². The maximum Gasteiger partial charge on any atom is 0.408 e. The molecule has 3 N–H and O–H groups in total.